The van der Waals surface area contributed by atoms with Crippen molar-refractivity contribution < 1.29 is 28.3 Å². The third-order valence-electron chi connectivity index (χ3n) is 4.39. The molecule has 0 spiro atoms. The van der Waals surface area contributed by atoms with E-state index in [0.717, 1.165) is 0 Å². The van der Waals surface area contributed by atoms with Crippen LogP contribution in [-0.4, -0.2) is 55.2 Å². The highest BCUT2D eigenvalue weighted by Gasteiger charge is 2.31. The van der Waals surface area contributed by atoms with Gasteiger partial charge in [0.05, 0.1) is 31.4 Å². The summed E-state index contributed by atoms with van der Waals surface area (Å²) in [5, 5.41) is 12.0. The molecule has 0 aliphatic carbocycles. The molecule has 0 bridgehead atoms. The molecule has 2 heterocycles. The standard InChI is InChI=1S/C18H22N2O7/c1-4-25-16-13(20(22)23)10-12-11(3)14(27-15(12)17(16)26-5-2)18(21)19-6-8-24-9-7-19/h10H,4-9H2,1-3H3. The van der Waals surface area contributed by atoms with Gasteiger partial charge in [0.25, 0.3) is 5.91 Å². The maximum atomic E-state index is 12.9. The molecule has 0 atom stereocenters. The van der Waals surface area contributed by atoms with E-state index in [4.69, 9.17) is 18.6 Å². The van der Waals surface area contributed by atoms with Gasteiger partial charge < -0.3 is 23.5 Å². The molecule has 1 aromatic carbocycles. The van der Waals surface area contributed by atoms with E-state index in [2.05, 4.69) is 0 Å². The molecule has 0 radical (unpaired) electrons. The Hall–Kier alpha value is -2.81. The van der Waals surface area contributed by atoms with Gasteiger partial charge in [0.1, 0.15) is 0 Å². The lowest BCUT2D eigenvalue weighted by atomic mass is 10.1. The lowest BCUT2D eigenvalue weighted by molar-refractivity contribution is -0.385. The minimum atomic E-state index is -0.525. The number of amides is 1. The first kappa shape index (κ1) is 19.0. The van der Waals surface area contributed by atoms with E-state index < -0.39 is 4.92 Å². The second kappa shape index (κ2) is 7.83. The average molecular weight is 378 g/mol. The summed E-state index contributed by atoms with van der Waals surface area (Å²) in [4.78, 5) is 25.5. The Kier molecular flexibility index (Phi) is 5.50. The molecule has 1 saturated heterocycles. The molecule has 1 aromatic heterocycles. The van der Waals surface area contributed by atoms with Crippen molar-refractivity contribution in [3.05, 3.63) is 27.5 Å². The number of rotatable bonds is 6. The van der Waals surface area contributed by atoms with Crippen LogP contribution in [0.1, 0.15) is 30.0 Å². The van der Waals surface area contributed by atoms with Crippen molar-refractivity contribution in [2.24, 2.45) is 0 Å². The highest BCUT2D eigenvalue weighted by molar-refractivity contribution is 6.02. The van der Waals surface area contributed by atoms with Gasteiger partial charge >= 0.3 is 5.69 Å². The summed E-state index contributed by atoms with van der Waals surface area (Å²) in [5.74, 6) is 0.0366. The van der Waals surface area contributed by atoms with E-state index in [1.165, 1.54) is 6.07 Å². The summed E-state index contributed by atoms with van der Waals surface area (Å²) >= 11 is 0. The SMILES string of the molecule is CCOc1c([N+](=O)[O-])cc2c(C)c(C(=O)N3CCOCC3)oc2c1OCC. The Morgan fingerprint density at radius 1 is 1.22 bits per heavy atom. The molecule has 9 heteroatoms. The average Bonchev–Trinajstić information content (AvgIpc) is 3.00. The molecule has 27 heavy (non-hydrogen) atoms. The highest BCUT2D eigenvalue weighted by Crippen LogP contribution is 2.46. The Balaban J connectivity index is 2.19. The van der Waals surface area contributed by atoms with E-state index in [1.54, 1.807) is 25.7 Å². The zero-order valence-corrected chi connectivity index (χ0v) is 15.6. The smallest absolute Gasteiger partial charge is 0.315 e. The lowest BCUT2D eigenvalue weighted by Crippen LogP contribution is -2.40. The number of fused-ring (bicyclic) bond motifs is 1. The lowest BCUT2D eigenvalue weighted by Gasteiger charge is -2.26. The van der Waals surface area contributed by atoms with Gasteiger partial charge in [-0.3, -0.25) is 14.9 Å². The van der Waals surface area contributed by atoms with Gasteiger partial charge in [-0.1, -0.05) is 0 Å². The van der Waals surface area contributed by atoms with Gasteiger partial charge in [0, 0.05) is 30.1 Å². The molecule has 0 N–H and O–H groups in total. The number of nitrogens with zero attached hydrogens (tertiary/aromatic N) is 2. The number of hydrogen-bond acceptors (Lipinski definition) is 7. The molecule has 0 saturated carbocycles. The molecule has 1 fully saturated rings. The molecular formula is C18H22N2O7. The first-order chi connectivity index (χ1) is 13.0. The van der Waals surface area contributed by atoms with E-state index in [1.807, 2.05) is 0 Å². The van der Waals surface area contributed by atoms with Crippen LogP contribution in [0.2, 0.25) is 0 Å². The van der Waals surface area contributed by atoms with Crippen molar-refractivity contribution in [1.29, 1.82) is 0 Å². The third kappa shape index (κ3) is 3.42. The van der Waals surface area contributed by atoms with Crippen LogP contribution in [-0.2, 0) is 4.74 Å². The molecule has 0 unspecified atom stereocenters. The predicted octanol–water partition coefficient (Wildman–Crippen LogP) is 2.92. The number of aryl methyl sites for hydroxylation is 1. The van der Waals surface area contributed by atoms with Crippen molar-refractivity contribution >= 4 is 22.6 Å². The minimum Gasteiger partial charge on any atom is -0.486 e. The second-order valence-electron chi connectivity index (χ2n) is 6.01. The molecular weight excluding hydrogens is 356 g/mol. The van der Waals surface area contributed by atoms with Crippen LogP contribution < -0.4 is 9.47 Å². The van der Waals surface area contributed by atoms with Gasteiger partial charge in [0.15, 0.2) is 11.3 Å². The van der Waals surface area contributed by atoms with Crippen molar-refractivity contribution in [3.8, 4) is 11.5 Å². The van der Waals surface area contributed by atoms with Crippen molar-refractivity contribution in [2.75, 3.05) is 39.5 Å². The topological polar surface area (TPSA) is 104 Å². The zero-order chi connectivity index (χ0) is 19.6. The summed E-state index contributed by atoms with van der Waals surface area (Å²) < 4.78 is 22.2. The Bertz CT molecular complexity index is 868. The number of carbonyl (C=O) groups is 1. The number of nitro benzene ring substituents is 1. The number of nitro groups is 1. The molecule has 1 amide bonds. The van der Waals surface area contributed by atoms with Gasteiger partial charge in [0.2, 0.25) is 11.5 Å². The van der Waals surface area contributed by atoms with Crippen molar-refractivity contribution in [1.82, 2.24) is 4.90 Å². The van der Waals surface area contributed by atoms with Crippen molar-refractivity contribution in [2.45, 2.75) is 20.8 Å². The predicted molar refractivity (Wildman–Crippen MR) is 96.7 cm³/mol. The van der Waals surface area contributed by atoms with Crippen molar-refractivity contribution in [3.63, 3.8) is 0 Å². The number of morpholine rings is 1. The van der Waals surface area contributed by atoms with Gasteiger partial charge in [-0.2, -0.15) is 0 Å². The summed E-state index contributed by atoms with van der Waals surface area (Å²) in [5.41, 5.74) is 0.593. The quantitative estimate of drug-likeness (QED) is 0.562. The monoisotopic (exact) mass is 378 g/mol. The van der Waals surface area contributed by atoms with Crippen LogP contribution in [0.4, 0.5) is 5.69 Å². The fourth-order valence-electron chi connectivity index (χ4n) is 3.10. The van der Waals surface area contributed by atoms with Crippen LogP contribution in [0.15, 0.2) is 10.5 Å². The number of ether oxygens (including phenoxy) is 3. The van der Waals surface area contributed by atoms with Gasteiger partial charge in [-0.05, 0) is 20.8 Å². The van der Waals surface area contributed by atoms with Gasteiger partial charge in [-0.25, -0.2) is 0 Å². The van der Waals surface area contributed by atoms with Crippen LogP contribution in [0, 0.1) is 17.0 Å². The zero-order valence-electron chi connectivity index (χ0n) is 15.6. The number of benzene rings is 1. The minimum absolute atomic E-state index is 0.0102. The van der Waals surface area contributed by atoms with E-state index in [0.29, 0.717) is 37.3 Å². The molecule has 1 aliphatic rings. The highest BCUT2D eigenvalue weighted by atomic mass is 16.6. The van der Waals surface area contributed by atoms with E-state index in [9.17, 15) is 14.9 Å². The first-order valence-corrected chi connectivity index (χ1v) is 8.86. The first-order valence-electron chi connectivity index (χ1n) is 8.86. The summed E-state index contributed by atoms with van der Waals surface area (Å²) in [7, 11) is 0. The van der Waals surface area contributed by atoms with Crippen LogP contribution in [0.5, 0.6) is 11.5 Å². The maximum Gasteiger partial charge on any atom is 0.315 e. The fourth-order valence-corrected chi connectivity index (χ4v) is 3.10. The van der Waals surface area contributed by atoms with Gasteiger partial charge in [-0.15, -0.1) is 0 Å². The second-order valence-corrected chi connectivity index (χ2v) is 6.01. The molecule has 146 valence electrons. The fraction of sp³-hybridized carbons (Fsp3) is 0.500. The Labute approximate surface area is 155 Å². The summed E-state index contributed by atoms with van der Waals surface area (Å²) in [6.07, 6.45) is 0. The van der Waals surface area contributed by atoms with Crippen LogP contribution in [0.25, 0.3) is 11.0 Å². The van der Waals surface area contributed by atoms with Crippen LogP contribution in [0.3, 0.4) is 0 Å². The number of carbonyl (C=O) groups excluding carboxylic acids is 1. The number of hydrogen-bond donors (Lipinski definition) is 0. The Morgan fingerprint density at radius 3 is 2.44 bits per heavy atom. The molecule has 9 nitrogen and oxygen atoms in total. The normalized spacial score (nSPS) is 14.4. The summed E-state index contributed by atoms with van der Waals surface area (Å²) in [6, 6.07) is 1.37. The molecule has 3 rings (SSSR count). The molecule has 1 aliphatic heterocycles. The Morgan fingerprint density at radius 2 is 1.85 bits per heavy atom. The van der Waals surface area contributed by atoms with E-state index >= 15 is 0 Å². The largest absolute Gasteiger partial charge is 0.486 e. The number of furan rings is 1. The summed E-state index contributed by atoms with van der Waals surface area (Å²) in [6.45, 7) is 7.56. The molecule has 2 aromatic rings. The maximum absolute atomic E-state index is 12.9. The van der Waals surface area contributed by atoms with Crippen LogP contribution >= 0.6 is 0 Å². The van der Waals surface area contributed by atoms with E-state index in [-0.39, 0.29) is 47.7 Å². The third-order valence-corrected chi connectivity index (χ3v) is 4.39.